The molecule has 3 aromatic rings. The molecule has 1 atom stereocenters. The van der Waals surface area contributed by atoms with E-state index in [9.17, 15) is 0 Å². The minimum absolute atomic E-state index is 0.666. The second kappa shape index (κ2) is 3.82. The smallest absolute Gasteiger partial charge is 0.0495 e. The van der Waals surface area contributed by atoms with E-state index in [0.29, 0.717) is 5.92 Å². The Morgan fingerprint density at radius 3 is 3.00 bits per heavy atom. The second-order valence-electron chi connectivity index (χ2n) is 5.04. The zero-order valence-corrected chi connectivity index (χ0v) is 10.1. The fourth-order valence-corrected chi connectivity index (χ4v) is 2.96. The zero-order valence-electron chi connectivity index (χ0n) is 10.1. The van der Waals surface area contributed by atoms with Gasteiger partial charge in [0.1, 0.15) is 0 Å². The van der Waals surface area contributed by atoms with Crippen molar-refractivity contribution in [1.29, 1.82) is 0 Å². The van der Waals surface area contributed by atoms with E-state index in [-0.39, 0.29) is 0 Å². The molecule has 0 saturated carbocycles. The van der Waals surface area contributed by atoms with Gasteiger partial charge >= 0.3 is 0 Å². The van der Waals surface area contributed by atoms with Gasteiger partial charge in [0.05, 0.1) is 0 Å². The molecule has 4 rings (SSSR count). The van der Waals surface area contributed by atoms with Gasteiger partial charge in [0.2, 0.25) is 0 Å². The lowest BCUT2D eigenvalue weighted by atomic mass is 9.97. The van der Waals surface area contributed by atoms with Gasteiger partial charge in [0, 0.05) is 40.7 Å². The van der Waals surface area contributed by atoms with Gasteiger partial charge in [-0.05, 0) is 36.6 Å². The van der Waals surface area contributed by atoms with Crippen LogP contribution in [0.1, 0.15) is 17.9 Å². The predicted molar refractivity (Wildman–Crippen MR) is 73.8 cm³/mol. The van der Waals surface area contributed by atoms with Crippen LogP contribution in [0.2, 0.25) is 0 Å². The Balaban J connectivity index is 1.92. The topological polar surface area (TPSA) is 40.7 Å². The molecule has 0 radical (unpaired) electrons. The summed E-state index contributed by atoms with van der Waals surface area (Å²) in [6, 6.07) is 8.82. The molecule has 2 aromatic heterocycles. The summed E-state index contributed by atoms with van der Waals surface area (Å²) < 4.78 is 0. The van der Waals surface area contributed by atoms with Gasteiger partial charge in [0.15, 0.2) is 0 Å². The maximum absolute atomic E-state index is 4.21. The maximum Gasteiger partial charge on any atom is 0.0495 e. The molecule has 0 aliphatic carbocycles. The van der Waals surface area contributed by atoms with Gasteiger partial charge < -0.3 is 10.3 Å². The number of nitrogens with zero attached hydrogens (tertiary/aromatic N) is 1. The standard InChI is InChI=1S/C15H15N3/c1-2-12-13-9-17-6-4-14(13)18-15(12)7-10(1)11-3-5-16-8-11/h1-2,4,6-7,9,11,16,18H,3,5,8H2. The van der Waals surface area contributed by atoms with E-state index in [2.05, 4.69) is 33.5 Å². The van der Waals surface area contributed by atoms with Crippen LogP contribution < -0.4 is 5.32 Å². The lowest BCUT2D eigenvalue weighted by Gasteiger charge is -2.08. The molecular weight excluding hydrogens is 222 g/mol. The lowest BCUT2D eigenvalue weighted by Crippen LogP contribution is -2.07. The maximum atomic E-state index is 4.21. The molecular formula is C15H15N3. The van der Waals surface area contributed by atoms with Crippen LogP contribution in [0.4, 0.5) is 0 Å². The number of pyridine rings is 1. The van der Waals surface area contributed by atoms with Crippen LogP contribution in [-0.2, 0) is 0 Å². The first-order valence-corrected chi connectivity index (χ1v) is 6.48. The van der Waals surface area contributed by atoms with E-state index in [0.717, 1.165) is 13.1 Å². The van der Waals surface area contributed by atoms with Gasteiger partial charge in [0.25, 0.3) is 0 Å². The van der Waals surface area contributed by atoms with Gasteiger partial charge in [-0.15, -0.1) is 0 Å². The Morgan fingerprint density at radius 2 is 2.11 bits per heavy atom. The fraction of sp³-hybridized carbons (Fsp3) is 0.267. The third-order valence-electron chi connectivity index (χ3n) is 3.96. The van der Waals surface area contributed by atoms with Gasteiger partial charge in [-0.2, -0.15) is 0 Å². The second-order valence-corrected chi connectivity index (χ2v) is 5.04. The SMILES string of the molecule is c1cc2[nH]c3cc(C4CCNC4)ccc3c2cn1. The zero-order chi connectivity index (χ0) is 11.9. The summed E-state index contributed by atoms with van der Waals surface area (Å²) in [4.78, 5) is 7.69. The highest BCUT2D eigenvalue weighted by atomic mass is 14.9. The first kappa shape index (κ1) is 10.1. The molecule has 0 amide bonds. The van der Waals surface area contributed by atoms with Crippen molar-refractivity contribution in [2.45, 2.75) is 12.3 Å². The van der Waals surface area contributed by atoms with Gasteiger partial charge in [-0.3, -0.25) is 4.98 Å². The number of rotatable bonds is 1. The monoisotopic (exact) mass is 237 g/mol. The summed E-state index contributed by atoms with van der Waals surface area (Å²) in [6.45, 7) is 2.24. The predicted octanol–water partition coefficient (Wildman–Crippen LogP) is 2.79. The van der Waals surface area contributed by atoms with E-state index in [1.165, 1.54) is 33.8 Å². The molecule has 1 saturated heterocycles. The van der Waals surface area contributed by atoms with Crippen LogP contribution in [0.5, 0.6) is 0 Å². The van der Waals surface area contributed by atoms with Crippen molar-refractivity contribution in [2.75, 3.05) is 13.1 Å². The number of nitrogens with one attached hydrogen (secondary N) is 2. The summed E-state index contributed by atoms with van der Waals surface area (Å²) in [5.41, 5.74) is 3.83. The summed E-state index contributed by atoms with van der Waals surface area (Å²) in [6.07, 6.45) is 5.01. The van der Waals surface area contributed by atoms with Crippen molar-refractivity contribution in [1.82, 2.24) is 15.3 Å². The minimum atomic E-state index is 0.666. The molecule has 2 N–H and O–H groups in total. The molecule has 3 nitrogen and oxygen atoms in total. The number of H-pyrrole nitrogens is 1. The Bertz CT molecular complexity index is 708. The number of aromatic amines is 1. The van der Waals surface area contributed by atoms with Crippen molar-refractivity contribution in [3.05, 3.63) is 42.2 Å². The van der Waals surface area contributed by atoms with Crippen LogP contribution in [0, 0.1) is 0 Å². The van der Waals surface area contributed by atoms with E-state index >= 15 is 0 Å². The number of hydrogen-bond donors (Lipinski definition) is 2. The molecule has 90 valence electrons. The molecule has 1 aromatic carbocycles. The highest BCUT2D eigenvalue weighted by Crippen LogP contribution is 2.29. The average molecular weight is 237 g/mol. The molecule has 18 heavy (non-hydrogen) atoms. The molecule has 1 unspecified atom stereocenters. The van der Waals surface area contributed by atoms with Crippen molar-refractivity contribution >= 4 is 21.8 Å². The molecule has 1 aliphatic rings. The largest absolute Gasteiger partial charge is 0.354 e. The number of hydrogen-bond acceptors (Lipinski definition) is 2. The third-order valence-corrected chi connectivity index (χ3v) is 3.96. The van der Waals surface area contributed by atoms with E-state index in [1.807, 2.05) is 18.5 Å². The number of fused-ring (bicyclic) bond motifs is 3. The Kier molecular flexibility index (Phi) is 2.14. The first-order valence-electron chi connectivity index (χ1n) is 6.48. The lowest BCUT2D eigenvalue weighted by molar-refractivity contribution is 0.764. The molecule has 1 aliphatic heterocycles. The van der Waals surface area contributed by atoms with E-state index in [4.69, 9.17) is 0 Å². The van der Waals surface area contributed by atoms with Crippen molar-refractivity contribution in [3.63, 3.8) is 0 Å². The van der Waals surface area contributed by atoms with Crippen LogP contribution in [-0.4, -0.2) is 23.1 Å². The normalized spacial score (nSPS) is 19.9. The fourth-order valence-electron chi connectivity index (χ4n) is 2.96. The molecule has 0 spiro atoms. The molecule has 3 heterocycles. The highest BCUT2D eigenvalue weighted by Gasteiger charge is 2.17. The first-order chi connectivity index (χ1) is 8.92. The summed E-state index contributed by atoms with van der Waals surface area (Å²) in [5.74, 6) is 0.666. The third kappa shape index (κ3) is 1.44. The van der Waals surface area contributed by atoms with Gasteiger partial charge in [-0.1, -0.05) is 12.1 Å². The quantitative estimate of drug-likeness (QED) is 0.683. The van der Waals surface area contributed by atoms with Crippen molar-refractivity contribution in [3.8, 4) is 0 Å². The Labute approximate surface area is 105 Å². The van der Waals surface area contributed by atoms with Crippen molar-refractivity contribution in [2.24, 2.45) is 0 Å². The average Bonchev–Trinajstić information content (AvgIpc) is 3.05. The minimum Gasteiger partial charge on any atom is -0.354 e. The number of aromatic nitrogens is 2. The highest BCUT2D eigenvalue weighted by molar-refractivity contribution is 6.06. The van der Waals surface area contributed by atoms with Crippen LogP contribution >= 0.6 is 0 Å². The summed E-state index contributed by atoms with van der Waals surface area (Å²) in [7, 11) is 0. The summed E-state index contributed by atoms with van der Waals surface area (Å²) in [5, 5.41) is 5.91. The Morgan fingerprint density at radius 1 is 1.11 bits per heavy atom. The summed E-state index contributed by atoms with van der Waals surface area (Å²) >= 11 is 0. The molecule has 3 heteroatoms. The van der Waals surface area contributed by atoms with E-state index in [1.54, 1.807) is 0 Å². The van der Waals surface area contributed by atoms with Crippen LogP contribution in [0.3, 0.4) is 0 Å². The molecule has 1 fully saturated rings. The molecule has 0 bridgehead atoms. The number of benzene rings is 1. The van der Waals surface area contributed by atoms with Crippen molar-refractivity contribution < 1.29 is 0 Å². The van der Waals surface area contributed by atoms with E-state index < -0.39 is 0 Å². The van der Waals surface area contributed by atoms with Crippen LogP contribution in [0.15, 0.2) is 36.7 Å². The Hall–Kier alpha value is -1.87. The van der Waals surface area contributed by atoms with Crippen LogP contribution in [0.25, 0.3) is 21.8 Å². The van der Waals surface area contributed by atoms with Gasteiger partial charge in [-0.25, -0.2) is 0 Å².